The van der Waals surface area contributed by atoms with E-state index in [1.165, 1.54) is 37.8 Å². The van der Waals surface area contributed by atoms with Gasteiger partial charge in [-0.1, -0.05) is 6.08 Å². The molecule has 1 saturated heterocycles. The molecule has 0 spiro atoms. The van der Waals surface area contributed by atoms with Gasteiger partial charge in [-0.2, -0.15) is 5.26 Å². The topological polar surface area (TPSA) is 39.9 Å². The van der Waals surface area contributed by atoms with Crippen LogP contribution in [0.2, 0.25) is 0 Å². The van der Waals surface area contributed by atoms with Gasteiger partial charge < -0.3 is 4.90 Å². The molecule has 1 aromatic rings. The van der Waals surface area contributed by atoms with Crippen molar-refractivity contribution < 1.29 is 0 Å². The van der Waals surface area contributed by atoms with Gasteiger partial charge in [-0.15, -0.1) is 0 Å². The number of fused-ring (bicyclic) bond motifs is 1. The molecule has 2 heterocycles. The fourth-order valence-corrected chi connectivity index (χ4v) is 3.04. The highest BCUT2D eigenvalue weighted by atomic mass is 15.2. The monoisotopic (exact) mass is 239 g/mol. The minimum atomic E-state index is 0.630. The number of allylic oxidation sites excluding steroid dienone is 2. The number of hydrogen-bond donors (Lipinski definition) is 0. The Kier molecular flexibility index (Phi) is 3.02. The summed E-state index contributed by atoms with van der Waals surface area (Å²) in [6.45, 7) is 1.06. The van der Waals surface area contributed by atoms with Crippen molar-refractivity contribution in [1.82, 2.24) is 4.98 Å². The normalized spacial score (nSPS) is 22.9. The molecule has 0 N–H and O–H groups in total. The van der Waals surface area contributed by atoms with E-state index in [0.29, 0.717) is 5.56 Å². The van der Waals surface area contributed by atoms with Gasteiger partial charge in [0, 0.05) is 18.4 Å². The fourth-order valence-electron chi connectivity index (χ4n) is 3.04. The molecule has 2 aliphatic rings. The van der Waals surface area contributed by atoms with Crippen LogP contribution in [0.5, 0.6) is 0 Å². The van der Waals surface area contributed by atoms with E-state index in [-0.39, 0.29) is 0 Å². The standard InChI is InChI=1S/C15H17N3/c16-10-12-7-8-15(17-11-12)18-9-3-5-13-4-1-2-6-14(13)18/h6-8,11,13H,1-5,9H2. The predicted octanol–water partition coefficient (Wildman–Crippen LogP) is 3.24. The van der Waals surface area contributed by atoms with Crippen molar-refractivity contribution in [3.63, 3.8) is 0 Å². The minimum absolute atomic E-state index is 0.630. The Morgan fingerprint density at radius 2 is 2.17 bits per heavy atom. The van der Waals surface area contributed by atoms with Crippen LogP contribution in [-0.4, -0.2) is 11.5 Å². The van der Waals surface area contributed by atoms with E-state index in [2.05, 4.69) is 22.0 Å². The molecule has 0 saturated carbocycles. The van der Waals surface area contributed by atoms with Crippen LogP contribution >= 0.6 is 0 Å². The Balaban J connectivity index is 1.90. The molecule has 0 bridgehead atoms. The zero-order chi connectivity index (χ0) is 12.4. The average molecular weight is 239 g/mol. The third-order valence-electron chi connectivity index (χ3n) is 3.93. The summed E-state index contributed by atoms with van der Waals surface area (Å²) in [5.74, 6) is 1.72. The maximum Gasteiger partial charge on any atom is 0.132 e. The smallest absolute Gasteiger partial charge is 0.132 e. The predicted molar refractivity (Wildman–Crippen MR) is 71.0 cm³/mol. The molecule has 1 aliphatic heterocycles. The molecular weight excluding hydrogens is 222 g/mol. The van der Waals surface area contributed by atoms with Gasteiger partial charge in [0.1, 0.15) is 11.9 Å². The Hall–Kier alpha value is -1.82. The number of aromatic nitrogens is 1. The lowest BCUT2D eigenvalue weighted by Crippen LogP contribution is -2.35. The van der Waals surface area contributed by atoms with E-state index >= 15 is 0 Å². The van der Waals surface area contributed by atoms with Crippen LogP contribution in [0.4, 0.5) is 5.82 Å². The van der Waals surface area contributed by atoms with E-state index < -0.39 is 0 Å². The molecule has 1 fully saturated rings. The van der Waals surface area contributed by atoms with Gasteiger partial charge in [-0.25, -0.2) is 4.98 Å². The molecule has 1 atom stereocenters. The quantitative estimate of drug-likeness (QED) is 0.755. The first kappa shape index (κ1) is 11.3. The summed E-state index contributed by atoms with van der Waals surface area (Å²) < 4.78 is 0. The molecule has 3 heteroatoms. The van der Waals surface area contributed by atoms with Crippen molar-refractivity contribution in [2.45, 2.75) is 32.1 Å². The first-order valence-electron chi connectivity index (χ1n) is 6.72. The first-order chi connectivity index (χ1) is 8.88. The van der Waals surface area contributed by atoms with E-state index in [1.807, 2.05) is 12.1 Å². The van der Waals surface area contributed by atoms with Gasteiger partial charge in [0.2, 0.25) is 0 Å². The highest BCUT2D eigenvalue weighted by Gasteiger charge is 2.27. The summed E-state index contributed by atoms with van der Waals surface area (Å²) in [5, 5.41) is 8.81. The largest absolute Gasteiger partial charge is 0.330 e. The number of rotatable bonds is 1. The minimum Gasteiger partial charge on any atom is -0.330 e. The molecule has 18 heavy (non-hydrogen) atoms. The van der Waals surface area contributed by atoms with Crippen LogP contribution in [0.1, 0.15) is 37.7 Å². The number of nitriles is 1. The highest BCUT2D eigenvalue weighted by molar-refractivity contribution is 5.49. The molecule has 1 aliphatic carbocycles. The Labute approximate surface area is 108 Å². The number of hydrogen-bond acceptors (Lipinski definition) is 3. The molecule has 3 rings (SSSR count). The van der Waals surface area contributed by atoms with Crippen molar-refractivity contribution in [1.29, 1.82) is 5.26 Å². The SMILES string of the molecule is N#Cc1ccc(N2CCCC3CCCC=C32)nc1. The Morgan fingerprint density at radius 3 is 2.94 bits per heavy atom. The maximum atomic E-state index is 8.81. The average Bonchev–Trinajstić information content (AvgIpc) is 2.47. The van der Waals surface area contributed by atoms with Crippen LogP contribution in [0.25, 0.3) is 0 Å². The van der Waals surface area contributed by atoms with Crippen LogP contribution in [0.3, 0.4) is 0 Å². The third kappa shape index (κ3) is 1.99. The number of piperidine rings is 1. The van der Waals surface area contributed by atoms with E-state index in [9.17, 15) is 0 Å². The third-order valence-corrected chi connectivity index (χ3v) is 3.93. The molecule has 0 radical (unpaired) electrons. The zero-order valence-corrected chi connectivity index (χ0v) is 10.5. The lowest BCUT2D eigenvalue weighted by molar-refractivity contribution is 0.417. The lowest BCUT2D eigenvalue weighted by Gasteiger charge is -2.38. The first-order valence-corrected chi connectivity index (χ1v) is 6.72. The maximum absolute atomic E-state index is 8.81. The summed E-state index contributed by atoms with van der Waals surface area (Å²) in [4.78, 5) is 6.77. The molecule has 3 nitrogen and oxygen atoms in total. The summed E-state index contributed by atoms with van der Waals surface area (Å²) in [7, 11) is 0. The molecule has 92 valence electrons. The molecule has 0 amide bonds. The van der Waals surface area contributed by atoms with Crippen molar-refractivity contribution in [2.75, 3.05) is 11.4 Å². The van der Waals surface area contributed by atoms with Gasteiger partial charge in [0.15, 0.2) is 0 Å². The fraction of sp³-hybridized carbons (Fsp3) is 0.467. The number of anilines is 1. The van der Waals surface area contributed by atoms with Gasteiger partial charge in [-0.3, -0.25) is 0 Å². The van der Waals surface area contributed by atoms with Gasteiger partial charge in [0.25, 0.3) is 0 Å². The van der Waals surface area contributed by atoms with Crippen LogP contribution in [0, 0.1) is 17.2 Å². The van der Waals surface area contributed by atoms with E-state index in [1.54, 1.807) is 6.20 Å². The zero-order valence-electron chi connectivity index (χ0n) is 10.5. The van der Waals surface area contributed by atoms with Crippen molar-refractivity contribution in [2.24, 2.45) is 5.92 Å². The molecule has 0 aromatic carbocycles. The lowest BCUT2D eigenvalue weighted by atomic mass is 9.85. The van der Waals surface area contributed by atoms with Crippen LogP contribution in [-0.2, 0) is 0 Å². The highest BCUT2D eigenvalue weighted by Crippen LogP contribution is 2.36. The van der Waals surface area contributed by atoms with Crippen LogP contribution in [0.15, 0.2) is 30.1 Å². The summed E-state index contributed by atoms with van der Waals surface area (Å²) in [6, 6.07) is 5.94. The van der Waals surface area contributed by atoms with Crippen molar-refractivity contribution >= 4 is 5.82 Å². The number of nitrogens with zero attached hydrogens (tertiary/aromatic N) is 3. The number of pyridine rings is 1. The second kappa shape index (κ2) is 4.81. The second-order valence-electron chi connectivity index (χ2n) is 5.07. The second-order valence-corrected chi connectivity index (χ2v) is 5.07. The Bertz CT molecular complexity index is 495. The summed E-state index contributed by atoms with van der Waals surface area (Å²) >= 11 is 0. The van der Waals surface area contributed by atoms with Gasteiger partial charge in [-0.05, 0) is 50.2 Å². The van der Waals surface area contributed by atoms with E-state index in [4.69, 9.17) is 5.26 Å². The Morgan fingerprint density at radius 1 is 1.28 bits per heavy atom. The molecular formula is C15H17N3. The van der Waals surface area contributed by atoms with Crippen LogP contribution < -0.4 is 4.90 Å². The van der Waals surface area contributed by atoms with Gasteiger partial charge in [0.05, 0.1) is 5.56 Å². The molecule has 1 unspecified atom stereocenters. The summed E-state index contributed by atoms with van der Waals surface area (Å²) in [6.07, 6.45) is 10.4. The van der Waals surface area contributed by atoms with Gasteiger partial charge >= 0.3 is 0 Å². The molecule has 1 aromatic heterocycles. The van der Waals surface area contributed by atoms with Crippen molar-refractivity contribution in [3.05, 3.63) is 35.7 Å². The van der Waals surface area contributed by atoms with Crippen molar-refractivity contribution in [3.8, 4) is 6.07 Å². The van der Waals surface area contributed by atoms with E-state index in [0.717, 1.165) is 18.3 Å². The summed E-state index contributed by atoms with van der Waals surface area (Å²) in [5.41, 5.74) is 2.09.